The summed E-state index contributed by atoms with van der Waals surface area (Å²) in [6.07, 6.45) is 8.12. The third-order valence-electron chi connectivity index (χ3n) is 4.03. The summed E-state index contributed by atoms with van der Waals surface area (Å²) >= 11 is 0. The number of hydrogen-bond donors (Lipinski definition) is 0. The fourth-order valence-corrected chi connectivity index (χ4v) is 2.79. The van der Waals surface area contributed by atoms with Crippen LogP contribution in [0, 0.1) is 5.92 Å². The highest BCUT2D eigenvalue weighted by Crippen LogP contribution is 2.28. The molecular formula is C17H24O3. The van der Waals surface area contributed by atoms with Crippen LogP contribution in [-0.2, 0) is 16.1 Å². The summed E-state index contributed by atoms with van der Waals surface area (Å²) in [7, 11) is 1.64. The number of ether oxygens (including phenoxy) is 2. The van der Waals surface area contributed by atoms with Crippen LogP contribution in [-0.4, -0.2) is 13.1 Å². The maximum absolute atomic E-state index is 11.7. The lowest BCUT2D eigenvalue weighted by Gasteiger charge is -2.08. The molecule has 1 aliphatic rings. The molecule has 1 aromatic rings. The highest BCUT2D eigenvalue weighted by atomic mass is 16.5. The Labute approximate surface area is 121 Å². The van der Waals surface area contributed by atoms with Crippen LogP contribution in [0.4, 0.5) is 0 Å². The van der Waals surface area contributed by atoms with Crippen LogP contribution < -0.4 is 4.74 Å². The molecule has 1 aliphatic carbocycles. The van der Waals surface area contributed by atoms with E-state index in [1.54, 1.807) is 7.11 Å². The minimum Gasteiger partial charge on any atom is -0.497 e. The highest BCUT2D eigenvalue weighted by molar-refractivity contribution is 5.69. The number of benzene rings is 1. The van der Waals surface area contributed by atoms with Crippen molar-refractivity contribution in [2.24, 2.45) is 5.92 Å². The summed E-state index contributed by atoms with van der Waals surface area (Å²) in [4.78, 5) is 11.7. The van der Waals surface area contributed by atoms with Gasteiger partial charge in [0.25, 0.3) is 0 Å². The van der Waals surface area contributed by atoms with Gasteiger partial charge in [-0.05, 0) is 36.5 Å². The van der Waals surface area contributed by atoms with E-state index in [1.807, 2.05) is 24.3 Å². The zero-order valence-electron chi connectivity index (χ0n) is 12.3. The van der Waals surface area contributed by atoms with Crippen molar-refractivity contribution >= 4 is 5.97 Å². The molecule has 0 spiro atoms. The number of rotatable bonds is 7. The molecule has 2 rings (SSSR count). The average Bonchev–Trinajstić information content (AvgIpc) is 2.99. The zero-order valence-corrected chi connectivity index (χ0v) is 12.3. The van der Waals surface area contributed by atoms with Gasteiger partial charge >= 0.3 is 5.97 Å². The molecule has 0 aromatic heterocycles. The van der Waals surface area contributed by atoms with Crippen LogP contribution in [0.25, 0.3) is 0 Å². The van der Waals surface area contributed by atoms with Crippen molar-refractivity contribution in [2.75, 3.05) is 7.11 Å². The second-order valence-electron chi connectivity index (χ2n) is 5.55. The Bertz CT molecular complexity index is 405. The highest BCUT2D eigenvalue weighted by Gasteiger charge is 2.15. The summed E-state index contributed by atoms with van der Waals surface area (Å²) in [6, 6.07) is 7.60. The minimum atomic E-state index is -0.0844. The number of methoxy groups -OCH3 is 1. The van der Waals surface area contributed by atoms with E-state index in [1.165, 1.54) is 32.1 Å². The lowest BCUT2D eigenvalue weighted by Crippen LogP contribution is -2.05. The largest absolute Gasteiger partial charge is 0.497 e. The monoisotopic (exact) mass is 276 g/mol. The van der Waals surface area contributed by atoms with Crippen LogP contribution in [0.3, 0.4) is 0 Å². The predicted octanol–water partition coefficient (Wildman–Crippen LogP) is 4.10. The molecule has 3 heteroatoms. The Morgan fingerprint density at radius 3 is 2.55 bits per heavy atom. The molecule has 0 unspecified atom stereocenters. The fraction of sp³-hybridized carbons (Fsp3) is 0.588. The van der Waals surface area contributed by atoms with Crippen molar-refractivity contribution in [3.63, 3.8) is 0 Å². The van der Waals surface area contributed by atoms with Gasteiger partial charge in [-0.1, -0.05) is 37.8 Å². The molecule has 0 aliphatic heterocycles. The first-order chi connectivity index (χ1) is 9.78. The first kappa shape index (κ1) is 14.9. The summed E-state index contributed by atoms with van der Waals surface area (Å²) in [5.74, 6) is 1.58. The SMILES string of the molecule is COc1ccc(COC(=O)CCCC2CCCC2)cc1. The van der Waals surface area contributed by atoms with Gasteiger partial charge in [0.05, 0.1) is 7.11 Å². The topological polar surface area (TPSA) is 35.5 Å². The molecule has 0 atom stereocenters. The second kappa shape index (κ2) is 7.93. The molecule has 0 bridgehead atoms. The van der Waals surface area contributed by atoms with E-state index < -0.39 is 0 Å². The van der Waals surface area contributed by atoms with Gasteiger partial charge in [-0.25, -0.2) is 0 Å². The third-order valence-corrected chi connectivity index (χ3v) is 4.03. The summed E-state index contributed by atoms with van der Waals surface area (Å²) in [6.45, 7) is 0.353. The molecular weight excluding hydrogens is 252 g/mol. The smallest absolute Gasteiger partial charge is 0.306 e. The molecule has 0 saturated heterocycles. The van der Waals surface area contributed by atoms with E-state index in [0.717, 1.165) is 23.7 Å². The Balaban J connectivity index is 1.61. The van der Waals surface area contributed by atoms with E-state index in [9.17, 15) is 4.79 Å². The van der Waals surface area contributed by atoms with Crippen molar-refractivity contribution in [1.82, 2.24) is 0 Å². The van der Waals surface area contributed by atoms with Gasteiger partial charge in [-0.2, -0.15) is 0 Å². The summed E-state index contributed by atoms with van der Waals surface area (Å²) in [5.41, 5.74) is 0.995. The van der Waals surface area contributed by atoms with Crippen molar-refractivity contribution < 1.29 is 14.3 Å². The van der Waals surface area contributed by atoms with E-state index in [0.29, 0.717) is 13.0 Å². The molecule has 0 amide bonds. The molecule has 1 aromatic carbocycles. The molecule has 20 heavy (non-hydrogen) atoms. The Hall–Kier alpha value is -1.51. The maximum atomic E-state index is 11.7. The number of carbonyl (C=O) groups excluding carboxylic acids is 1. The van der Waals surface area contributed by atoms with Crippen LogP contribution in [0.5, 0.6) is 5.75 Å². The zero-order chi connectivity index (χ0) is 14.2. The normalized spacial score (nSPS) is 15.2. The quantitative estimate of drug-likeness (QED) is 0.703. The van der Waals surface area contributed by atoms with E-state index in [4.69, 9.17) is 9.47 Å². The Kier molecular flexibility index (Phi) is 5.90. The predicted molar refractivity (Wildman–Crippen MR) is 78.6 cm³/mol. The third kappa shape index (κ3) is 4.87. The van der Waals surface area contributed by atoms with Crippen molar-refractivity contribution in [1.29, 1.82) is 0 Å². The molecule has 3 nitrogen and oxygen atoms in total. The Morgan fingerprint density at radius 2 is 1.90 bits per heavy atom. The lowest BCUT2D eigenvalue weighted by atomic mass is 10.0. The van der Waals surface area contributed by atoms with Gasteiger partial charge < -0.3 is 9.47 Å². The van der Waals surface area contributed by atoms with Crippen LogP contribution >= 0.6 is 0 Å². The molecule has 0 heterocycles. The Morgan fingerprint density at radius 1 is 1.20 bits per heavy atom. The van der Waals surface area contributed by atoms with Gasteiger partial charge in [0.1, 0.15) is 12.4 Å². The number of carbonyl (C=O) groups is 1. The van der Waals surface area contributed by atoms with Crippen molar-refractivity contribution in [3.05, 3.63) is 29.8 Å². The first-order valence-corrected chi connectivity index (χ1v) is 7.56. The maximum Gasteiger partial charge on any atom is 0.306 e. The van der Waals surface area contributed by atoms with E-state index >= 15 is 0 Å². The van der Waals surface area contributed by atoms with Gasteiger partial charge in [0.2, 0.25) is 0 Å². The van der Waals surface area contributed by atoms with Gasteiger partial charge in [0, 0.05) is 6.42 Å². The number of hydrogen-bond acceptors (Lipinski definition) is 3. The van der Waals surface area contributed by atoms with Crippen LogP contribution in [0.15, 0.2) is 24.3 Å². The van der Waals surface area contributed by atoms with Crippen LogP contribution in [0.2, 0.25) is 0 Å². The molecule has 1 fully saturated rings. The van der Waals surface area contributed by atoms with Crippen LogP contribution in [0.1, 0.15) is 50.5 Å². The average molecular weight is 276 g/mol. The summed E-state index contributed by atoms with van der Waals surface area (Å²) < 4.78 is 10.4. The molecule has 110 valence electrons. The second-order valence-corrected chi connectivity index (χ2v) is 5.55. The van der Waals surface area contributed by atoms with Crippen molar-refractivity contribution in [2.45, 2.75) is 51.6 Å². The minimum absolute atomic E-state index is 0.0844. The van der Waals surface area contributed by atoms with Crippen molar-refractivity contribution in [3.8, 4) is 5.75 Å². The standard InChI is InChI=1S/C17H24O3/c1-19-16-11-9-15(10-12-16)13-20-17(18)8-4-7-14-5-2-3-6-14/h9-12,14H,2-8,13H2,1H3. The van der Waals surface area contributed by atoms with E-state index in [-0.39, 0.29) is 5.97 Å². The van der Waals surface area contributed by atoms with Gasteiger partial charge in [0.15, 0.2) is 0 Å². The lowest BCUT2D eigenvalue weighted by molar-refractivity contribution is -0.145. The fourth-order valence-electron chi connectivity index (χ4n) is 2.79. The number of esters is 1. The van der Waals surface area contributed by atoms with E-state index in [2.05, 4.69) is 0 Å². The molecule has 0 N–H and O–H groups in total. The van der Waals surface area contributed by atoms with Gasteiger partial charge in [-0.15, -0.1) is 0 Å². The summed E-state index contributed by atoms with van der Waals surface area (Å²) in [5, 5.41) is 0. The van der Waals surface area contributed by atoms with Gasteiger partial charge in [-0.3, -0.25) is 4.79 Å². The molecule has 0 radical (unpaired) electrons. The molecule has 1 saturated carbocycles. The first-order valence-electron chi connectivity index (χ1n) is 7.56.